The number of rotatable bonds is 9. The molecule has 0 saturated carbocycles. The molecule has 0 aliphatic rings. The molecule has 5 nitrogen and oxygen atoms in total. The lowest BCUT2D eigenvalue weighted by Gasteiger charge is -2.08. The van der Waals surface area contributed by atoms with Gasteiger partial charge in [0.15, 0.2) is 5.78 Å². The number of para-hydroxylation sites is 1. The highest BCUT2D eigenvalue weighted by Crippen LogP contribution is 2.31. The molecule has 0 bridgehead atoms. The van der Waals surface area contributed by atoms with E-state index in [1.54, 1.807) is 6.92 Å². The first-order valence-corrected chi connectivity index (χ1v) is 10.9. The van der Waals surface area contributed by atoms with E-state index in [0.717, 1.165) is 39.1 Å². The predicted octanol–water partition coefficient (Wildman–Crippen LogP) is 5.92. The number of nitrogens with zero attached hydrogens (tertiary/aromatic N) is 2. The van der Waals surface area contributed by atoms with Gasteiger partial charge in [-0.25, -0.2) is 0 Å². The van der Waals surface area contributed by atoms with Gasteiger partial charge >= 0.3 is 0 Å². The molecule has 3 aromatic carbocycles. The monoisotopic (exact) mass is 430 g/mol. The number of ether oxygens (including phenoxy) is 2. The van der Waals surface area contributed by atoms with Crippen LogP contribution >= 0.6 is 11.3 Å². The van der Waals surface area contributed by atoms with Gasteiger partial charge in [0.05, 0.1) is 13.2 Å². The molecule has 0 aliphatic heterocycles. The van der Waals surface area contributed by atoms with E-state index < -0.39 is 0 Å². The predicted molar refractivity (Wildman–Crippen MR) is 123 cm³/mol. The maximum Gasteiger partial charge on any atom is 0.159 e. The van der Waals surface area contributed by atoms with E-state index in [-0.39, 0.29) is 5.78 Å². The Labute approximate surface area is 185 Å². The maximum absolute atomic E-state index is 11.4. The summed E-state index contributed by atoms with van der Waals surface area (Å²) in [7, 11) is 0. The number of benzene rings is 3. The second kappa shape index (κ2) is 10.00. The molecule has 1 aromatic heterocycles. The zero-order valence-corrected chi connectivity index (χ0v) is 18.0. The summed E-state index contributed by atoms with van der Waals surface area (Å²) in [5.74, 6) is 1.74. The first kappa shape index (κ1) is 20.8. The minimum Gasteiger partial charge on any atom is -0.493 e. The van der Waals surface area contributed by atoms with E-state index in [4.69, 9.17) is 9.47 Å². The third-order valence-corrected chi connectivity index (χ3v) is 5.66. The van der Waals surface area contributed by atoms with Gasteiger partial charge in [0.25, 0.3) is 0 Å². The number of ketones is 1. The molecule has 1 heterocycles. The first-order chi connectivity index (χ1) is 15.2. The van der Waals surface area contributed by atoms with Crippen molar-refractivity contribution in [3.8, 4) is 32.6 Å². The summed E-state index contributed by atoms with van der Waals surface area (Å²) in [5.41, 5.74) is 2.63. The average Bonchev–Trinajstić information content (AvgIpc) is 3.30. The Morgan fingerprint density at radius 1 is 0.742 bits per heavy atom. The number of hydrogen-bond donors (Lipinski definition) is 0. The van der Waals surface area contributed by atoms with Gasteiger partial charge in [-0.05, 0) is 43.3 Å². The molecule has 0 aliphatic carbocycles. The van der Waals surface area contributed by atoms with Crippen molar-refractivity contribution < 1.29 is 14.3 Å². The Bertz CT molecular complexity index is 1120. The molecule has 6 heteroatoms. The van der Waals surface area contributed by atoms with E-state index in [9.17, 15) is 4.79 Å². The normalized spacial score (nSPS) is 10.6. The van der Waals surface area contributed by atoms with Crippen LogP contribution in [0.2, 0.25) is 0 Å². The number of carbonyl (C=O) groups excluding carboxylic acids is 1. The Kier molecular flexibility index (Phi) is 6.69. The van der Waals surface area contributed by atoms with Crippen molar-refractivity contribution in [3.05, 3.63) is 84.4 Å². The largest absolute Gasteiger partial charge is 0.493 e. The first-order valence-electron chi connectivity index (χ1n) is 10.0. The molecule has 0 spiro atoms. The number of Topliss-reactive ketones (excluding diaryl/α,β-unsaturated/α-hetero) is 1. The highest BCUT2D eigenvalue weighted by molar-refractivity contribution is 7.17. The molecule has 4 aromatic rings. The molecular formula is C25H22N2O3S. The Morgan fingerprint density at radius 3 is 1.81 bits per heavy atom. The zero-order valence-electron chi connectivity index (χ0n) is 17.2. The van der Waals surface area contributed by atoms with Gasteiger partial charge in [0, 0.05) is 23.1 Å². The van der Waals surface area contributed by atoms with Crippen LogP contribution in [0.3, 0.4) is 0 Å². The molecule has 0 unspecified atom stereocenters. The van der Waals surface area contributed by atoms with Crippen LogP contribution in [-0.4, -0.2) is 29.2 Å². The van der Waals surface area contributed by atoms with Gasteiger partial charge in [-0.1, -0.05) is 53.8 Å². The van der Waals surface area contributed by atoms with E-state index in [2.05, 4.69) is 10.2 Å². The molecular weight excluding hydrogens is 408 g/mol. The van der Waals surface area contributed by atoms with Crippen LogP contribution in [0.15, 0.2) is 78.9 Å². The molecule has 0 radical (unpaired) electrons. The molecule has 0 N–H and O–H groups in total. The van der Waals surface area contributed by atoms with Gasteiger partial charge in [-0.3, -0.25) is 4.79 Å². The van der Waals surface area contributed by atoms with E-state index >= 15 is 0 Å². The second-order valence-electron chi connectivity index (χ2n) is 6.93. The average molecular weight is 431 g/mol. The van der Waals surface area contributed by atoms with Gasteiger partial charge in [-0.15, -0.1) is 10.2 Å². The van der Waals surface area contributed by atoms with Crippen LogP contribution in [0, 0.1) is 0 Å². The topological polar surface area (TPSA) is 61.3 Å². The van der Waals surface area contributed by atoms with Gasteiger partial charge < -0.3 is 9.47 Å². The summed E-state index contributed by atoms with van der Waals surface area (Å²) in [4.78, 5) is 11.4. The van der Waals surface area contributed by atoms with Crippen LogP contribution in [0.4, 0.5) is 0 Å². The third-order valence-electron chi connectivity index (χ3n) is 4.63. The number of aromatic nitrogens is 2. The lowest BCUT2D eigenvalue weighted by molar-refractivity contribution is 0.101. The van der Waals surface area contributed by atoms with Crippen LogP contribution in [0.1, 0.15) is 23.7 Å². The van der Waals surface area contributed by atoms with Crippen LogP contribution in [0.25, 0.3) is 21.1 Å². The smallest absolute Gasteiger partial charge is 0.159 e. The van der Waals surface area contributed by atoms with Gasteiger partial charge in [0.2, 0.25) is 0 Å². The summed E-state index contributed by atoms with van der Waals surface area (Å²) in [5, 5.41) is 10.3. The molecule has 0 amide bonds. The van der Waals surface area contributed by atoms with Crippen molar-refractivity contribution in [2.24, 2.45) is 0 Å². The molecule has 0 saturated heterocycles. The van der Waals surface area contributed by atoms with E-state index in [0.29, 0.717) is 18.8 Å². The SMILES string of the molecule is CC(=O)c1ccc(-c2nnc(-c3ccc(OCCCOc4ccccc4)cc3)s2)cc1. The van der Waals surface area contributed by atoms with Gasteiger partial charge in [0.1, 0.15) is 21.5 Å². The highest BCUT2D eigenvalue weighted by atomic mass is 32.1. The quantitative estimate of drug-likeness (QED) is 0.244. The summed E-state index contributed by atoms with van der Waals surface area (Å²) >= 11 is 1.52. The third kappa shape index (κ3) is 5.55. The second-order valence-corrected chi connectivity index (χ2v) is 7.91. The lowest BCUT2D eigenvalue weighted by Crippen LogP contribution is -2.04. The fourth-order valence-electron chi connectivity index (χ4n) is 2.95. The Morgan fingerprint density at radius 2 is 1.26 bits per heavy atom. The van der Waals surface area contributed by atoms with Crippen molar-refractivity contribution in [3.63, 3.8) is 0 Å². The summed E-state index contributed by atoms with van der Waals surface area (Å²) in [6.07, 6.45) is 0.804. The highest BCUT2D eigenvalue weighted by Gasteiger charge is 2.09. The summed E-state index contributed by atoms with van der Waals surface area (Å²) in [6, 6.07) is 25.1. The summed E-state index contributed by atoms with van der Waals surface area (Å²) in [6.45, 7) is 2.76. The van der Waals surface area contributed by atoms with Gasteiger partial charge in [-0.2, -0.15) is 0 Å². The van der Waals surface area contributed by atoms with Crippen LogP contribution in [-0.2, 0) is 0 Å². The lowest BCUT2D eigenvalue weighted by atomic mass is 10.1. The molecule has 0 atom stereocenters. The Hall–Kier alpha value is -3.51. The fourth-order valence-corrected chi connectivity index (χ4v) is 3.81. The molecule has 0 fully saturated rings. The fraction of sp³-hybridized carbons (Fsp3) is 0.160. The number of hydrogen-bond acceptors (Lipinski definition) is 6. The standard InChI is InChI=1S/C25H22N2O3S/c1-18(28)19-8-10-20(11-9-19)24-26-27-25(31-24)21-12-14-23(15-13-21)30-17-5-16-29-22-6-3-2-4-7-22/h2-4,6-15H,5,16-17H2,1H3. The minimum absolute atomic E-state index is 0.0514. The van der Waals surface area contributed by atoms with Crippen molar-refractivity contribution >= 4 is 17.1 Å². The maximum atomic E-state index is 11.4. The van der Waals surface area contributed by atoms with E-state index in [1.165, 1.54) is 11.3 Å². The molecule has 156 valence electrons. The minimum atomic E-state index is 0.0514. The molecule has 4 rings (SSSR count). The summed E-state index contributed by atoms with van der Waals surface area (Å²) < 4.78 is 11.5. The van der Waals surface area contributed by atoms with Crippen molar-refractivity contribution in [2.75, 3.05) is 13.2 Å². The van der Waals surface area contributed by atoms with Crippen molar-refractivity contribution in [2.45, 2.75) is 13.3 Å². The van der Waals surface area contributed by atoms with Crippen molar-refractivity contribution in [1.29, 1.82) is 0 Å². The van der Waals surface area contributed by atoms with Crippen LogP contribution < -0.4 is 9.47 Å². The Balaban J connectivity index is 1.29. The van der Waals surface area contributed by atoms with E-state index in [1.807, 2.05) is 78.9 Å². The number of carbonyl (C=O) groups is 1. The van der Waals surface area contributed by atoms with Crippen molar-refractivity contribution in [1.82, 2.24) is 10.2 Å². The zero-order chi connectivity index (χ0) is 21.5. The molecule has 31 heavy (non-hydrogen) atoms. The van der Waals surface area contributed by atoms with Crippen LogP contribution in [0.5, 0.6) is 11.5 Å².